The van der Waals surface area contributed by atoms with Gasteiger partial charge in [-0.15, -0.1) is 0 Å². The SMILES string of the molecule is CCCCN1CCCC[C@H]1C(=O)OCC. The van der Waals surface area contributed by atoms with Gasteiger partial charge in [0.15, 0.2) is 0 Å². The smallest absolute Gasteiger partial charge is 0.323 e. The van der Waals surface area contributed by atoms with E-state index in [1.807, 2.05) is 6.92 Å². The molecular formula is C12H23NO2. The van der Waals surface area contributed by atoms with Gasteiger partial charge in [-0.05, 0) is 39.3 Å². The fourth-order valence-corrected chi connectivity index (χ4v) is 2.13. The molecule has 0 radical (unpaired) electrons. The summed E-state index contributed by atoms with van der Waals surface area (Å²) in [7, 11) is 0. The quantitative estimate of drug-likeness (QED) is 0.656. The summed E-state index contributed by atoms with van der Waals surface area (Å²) in [5.74, 6) is -0.0201. The molecule has 0 spiro atoms. The van der Waals surface area contributed by atoms with E-state index in [2.05, 4.69) is 11.8 Å². The van der Waals surface area contributed by atoms with E-state index in [0.29, 0.717) is 6.61 Å². The minimum atomic E-state index is -0.0201. The highest BCUT2D eigenvalue weighted by Crippen LogP contribution is 2.18. The Balaban J connectivity index is 2.45. The molecule has 3 nitrogen and oxygen atoms in total. The molecule has 1 fully saturated rings. The van der Waals surface area contributed by atoms with E-state index in [0.717, 1.165) is 25.9 Å². The van der Waals surface area contributed by atoms with Crippen LogP contribution in [-0.4, -0.2) is 36.6 Å². The number of hydrogen-bond donors (Lipinski definition) is 0. The number of carbonyl (C=O) groups is 1. The van der Waals surface area contributed by atoms with E-state index in [1.54, 1.807) is 0 Å². The Morgan fingerprint density at radius 3 is 2.87 bits per heavy atom. The zero-order chi connectivity index (χ0) is 11.1. The van der Waals surface area contributed by atoms with Gasteiger partial charge >= 0.3 is 5.97 Å². The Morgan fingerprint density at radius 2 is 2.20 bits per heavy atom. The Labute approximate surface area is 92.8 Å². The molecule has 1 heterocycles. The Kier molecular flexibility index (Phi) is 5.69. The number of hydrogen-bond acceptors (Lipinski definition) is 3. The van der Waals surface area contributed by atoms with Crippen LogP contribution in [0.1, 0.15) is 46.0 Å². The lowest BCUT2D eigenvalue weighted by Crippen LogP contribution is -2.45. The van der Waals surface area contributed by atoms with Gasteiger partial charge in [0.25, 0.3) is 0 Å². The summed E-state index contributed by atoms with van der Waals surface area (Å²) in [6.45, 7) is 6.65. The van der Waals surface area contributed by atoms with Crippen molar-refractivity contribution in [2.45, 2.75) is 52.0 Å². The van der Waals surface area contributed by atoms with Gasteiger partial charge in [0.1, 0.15) is 6.04 Å². The highest BCUT2D eigenvalue weighted by molar-refractivity contribution is 5.75. The third-order valence-electron chi connectivity index (χ3n) is 2.97. The summed E-state index contributed by atoms with van der Waals surface area (Å²) in [4.78, 5) is 14.0. The maximum atomic E-state index is 11.7. The van der Waals surface area contributed by atoms with Crippen LogP contribution in [-0.2, 0) is 9.53 Å². The molecule has 0 N–H and O–H groups in total. The number of unbranched alkanes of at least 4 members (excludes halogenated alkanes) is 1. The Hall–Kier alpha value is -0.570. The van der Waals surface area contributed by atoms with Crippen molar-refractivity contribution < 1.29 is 9.53 Å². The Morgan fingerprint density at radius 1 is 1.40 bits per heavy atom. The minimum Gasteiger partial charge on any atom is -0.465 e. The topological polar surface area (TPSA) is 29.5 Å². The van der Waals surface area contributed by atoms with Gasteiger partial charge < -0.3 is 4.74 Å². The molecular weight excluding hydrogens is 190 g/mol. The number of piperidine rings is 1. The summed E-state index contributed by atoms with van der Waals surface area (Å²) in [5.41, 5.74) is 0. The van der Waals surface area contributed by atoms with Crippen LogP contribution in [0.15, 0.2) is 0 Å². The van der Waals surface area contributed by atoms with Gasteiger partial charge in [-0.25, -0.2) is 0 Å². The second-order valence-corrected chi connectivity index (χ2v) is 4.15. The molecule has 3 heteroatoms. The molecule has 0 aliphatic carbocycles. The second-order valence-electron chi connectivity index (χ2n) is 4.15. The molecule has 0 amide bonds. The van der Waals surface area contributed by atoms with Crippen LogP contribution in [0.2, 0.25) is 0 Å². The lowest BCUT2D eigenvalue weighted by molar-refractivity contribution is -0.150. The van der Waals surface area contributed by atoms with Crippen LogP contribution in [0.3, 0.4) is 0 Å². The zero-order valence-corrected chi connectivity index (χ0v) is 10.00. The van der Waals surface area contributed by atoms with E-state index in [4.69, 9.17) is 4.74 Å². The van der Waals surface area contributed by atoms with E-state index in [1.165, 1.54) is 19.3 Å². The van der Waals surface area contributed by atoms with Crippen LogP contribution in [0.4, 0.5) is 0 Å². The van der Waals surface area contributed by atoms with Crippen molar-refractivity contribution >= 4 is 5.97 Å². The first kappa shape index (κ1) is 12.5. The fourth-order valence-electron chi connectivity index (χ4n) is 2.13. The standard InChI is InChI=1S/C12H23NO2/c1-3-5-9-13-10-7-6-8-11(13)12(14)15-4-2/h11H,3-10H2,1-2H3/t11-/m0/s1. The maximum Gasteiger partial charge on any atom is 0.323 e. The predicted molar refractivity (Wildman–Crippen MR) is 60.8 cm³/mol. The molecule has 0 aromatic heterocycles. The average Bonchev–Trinajstić information content (AvgIpc) is 2.27. The number of ether oxygens (including phenoxy) is 1. The van der Waals surface area contributed by atoms with E-state index >= 15 is 0 Å². The highest BCUT2D eigenvalue weighted by atomic mass is 16.5. The minimum absolute atomic E-state index is 0.0201. The lowest BCUT2D eigenvalue weighted by Gasteiger charge is -2.33. The molecule has 0 unspecified atom stereocenters. The third kappa shape index (κ3) is 3.82. The number of carbonyl (C=O) groups excluding carboxylic acids is 1. The Bertz CT molecular complexity index is 194. The van der Waals surface area contributed by atoms with Crippen LogP contribution >= 0.6 is 0 Å². The lowest BCUT2D eigenvalue weighted by atomic mass is 10.0. The van der Waals surface area contributed by atoms with Gasteiger partial charge in [0.2, 0.25) is 0 Å². The van der Waals surface area contributed by atoms with Gasteiger partial charge in [-0.3, -0.25) is 9.69 Å². The van der Waals surface area contributed by atoms with Crippen LogP contribution < -0.4 is 0 Å². The van der Waals surface area contributed by atoms with Gasteiger partial charge in [-0.2, -0.15) is 0 Å². The van der Waals surface area contributed by atoms with Crippen molar-refractivity contribution in [1.29, 1.82) is 0 Å². The molecule has 1 saturated heterocycles. The van der Waals surface area contributed by atoms with Crippen molar-refractivity contribution in [3.8, 4) is 0 Å². The van der Waals surface area contributed by atoms with Crippen LogP contribution in [0.25, 0.3) is 0 Å². The van der Waals surface area contributed by atoms with Crippen molar-refractivity contribution in [3.05, 3.63) is 0 Å². The van der Waals surface area contributed by atoms with Crippen LogP contribution in [0, 0.1) is 0 Å². The first-order valence-corrected chi connectivity index (χ1v) is 6.20. The third-order valence-corrected chi connectivity index (χ3v) is 2.97. The normalized spacial score (nSPS) is 22.7. The molecule has 88 valence electrons. The van der Waals surface area contributed by atoms with E-state index < -0.39 is 0 Å². The number of nitrogens with zero attached hydrogens (tertiary/aromatic N) is 1. The molecule has 0 aromatic rings. The van der Waals surface area contributed by atoms with Gasteiger partial charge in [-0.1, -0.05) is 19.8 Å². The predicted octanol–water partition coefficient (Wildman–Crippen LogP) is 2.20. The molecule has 0 aromatic carbocycles. The van der Waals surface area contributed by atoms with Gasteiger partial charge in [0, 0.05) is 0 Å². The summed E-state index contributed by atoms with van der Waals surface area (Å²) in [5, 5.41) is 0. The summed E-state index contributed by atoms with van der Waals surface area (Å²) >= 11 is 0. The maximum absolute atomic E-state index is 11.7. The second kappa shape index (κ2) is 6.83. The highest BCUT2D eigenvalue weighted by Gasteiger charge is 2.28. The molecule has 1 rings (SSSR count). The summed E-state index contributed by atoms with van der Waals surface area (Å²) in [6, 6.07) is 0.0326. The fraction of sp³-hybridized carbons (Fsp3) is 0.917. The van der Waals surface area contributed by atoms with E-state index in [-0.39, 0.29) is 12.0 Å². The molecule has 1 aliphatic rings. The summed E-state index contributed by atoms with van der Waals surface area (Å²) < 4.78 is 5.11. The van der Waals surface area contributed by atoms with Crippen LogP contribution in [0.5, 0.6) is 0 Å². The molecule has 1 aliphatic heterocycles. The van der Waals surface area contributed by atoms with Crippen molar-refractivity contribution in [1.82, 2.24) is 4.90 Å². The zero-order valence-electron chi connectivity index (χ0n) is 10.00. The first-order valence-electron chi connectivity index (χ1n) is 6.20. The van der Waals surface area contributed by atoms with Crippen molar-refractivity contribution in [2.24, 2.45) is 0 Å². The monoisotopic (exact) mass is 213 g/mol. The van der Waals surface area contributed by atoms with Crippen molar-refractivity contribution in [2.75, 3.05) is 19.7 Å². The molecule has 0 saturated carbocycles. The first-order chi connectivity index (χ1) is 7.29. The number of likely N-dealkylation sites (tertiary alicyclic amines) is 1. The molecule has 15 heavy (non-hydrogen) atoms. The largest absolute Gasteiger partial charge is 0.465 e. The van der Waals surface area contributed by atoms with Crippen molar-refractivity contribution in [3.63, 3.8) is 0 Å². The summed E-state index contributed by atoms with van der Waals surface area (Å²) in [6.07, 6.45) is 5.72. The molecule has 0 bridgehead atoms. The van der Waals surface area contributed by atoms with E-state index in [9.17, 15) is 4.79 Å². The average molecular weight is 213 g/mol. The number of rotatable bonds is 5. The van der Waals surface area contributed by atoms with Gasteiger partial charge in [0.05, 0.1) is 6.61 Å². The number of esters is 1. The molecule has 1 atom stereocenters.